The first kappa shape index (κ1) is 24.2. The third-order valence-electron chi connectivity index (χ3n) is 6.37. The van der Waals surface area contributed by atoms with Crippen molar-refractivity contribution in [3.05, 3.63) is 72.0 Å². The van der Waals surface area contributed by atoms with E-state index < -0.39 is 0 Å². The molecule has 4 rings (SSSR count). The van der Waals surface area contributed by atoms with Crippen LogP contribution in [0, 0.1) is 0 Å². The van der Waals surface area contributed by atoms with Crippen molar-refractivity contribution in [2.45, 2.75) is 65.6 Å². The Bertz CT molecular complexity index is 1100. The van der Waals surface area contributed by atoms with E-state index in [1.165, 1.54) is 36.9 Å². The van der Waals surface area contributed by atoms with Crippen LogP contribution >= 0.6 is 0 Å². The van der Waals surface area contributed by atoms with Gasteiger partial charge in [-0.1, -0.05) is 19.9 Å². The van der Waals surface area contributed by atoms with Gasteiger partial charge in [0, 0.05) is 43.1 Å². The second-order valence-electron chi connectivity index (χ2n) is 9.12. The van der Waals surface area contributed by atoms with Gasteiger partial charge in [-0.25, -0.2) is 9.97 Å². The van der Waals surface area contributed by atoms with Crippen LogP contribution in [0.1, 0.15) is 69.0 Å². The number of benzene rings is 1. The lowest BCUT2D eigenvalue weighted by molar-refractivity contribution is 0.181. The van der Waals surface area contributed by atoms with E-state index in [0.717, 1.165) is 55.5 Å². The molecule has 0 aliphatic heterocycles. The van der Waals surface area contributed by atoms with Crippen molar-refractivity contribution in [2.24, 2.45) is 0 Å². The topological polar surface area (TPSA) is 77.0 Å². The quantitative estimate of drug-likeness (QED) is 0.251. The standard InChI is InChI=1S/C27H38N6O/c1-4-14-32(15-5-2)16-6-7-24-18-23-17-22(8-9-25(23)34-24)19-33(20-26-28-10-11-29-26)21(3)27-30-12-13-31-27/h8-13,17-18,21H,4-7,14-16,19-20H2,1-3H3,(H,28,29)(H,30,31). The molecule has 2 N–H and O–H groups in total. The van der Waals surface area contributed by atoms with E-state index >= 15 is 0 Å². The molecule has 0 radical (unpaired) electrons. The van der Waals surface area contributed by atoms with Gasteiger partial charge in [-0.05, 0) is 69.6 Å². The molecule has 0 spiro atoms. The fourth-order valence-corrected chi connectivity index (χ4v) is 4.63. The van der Waals surface area contributed by atoms with Crippen LogP contribution in [-0.4, -0.2) is 49.4 Å². The van der Waals surface area contributed by atoms with Gasteiger partial charge in [-0.2, -0.15) is 0 Å². The number of imidazole rings is 2. The van der Waals surface area contributed by atoms with Gasteiger partial charge in [0.05, 0.1) is 12.6 Å². The minimum atomic E-state index is 0.130. The molecule has 182 valence electrons. The van der Waals surface area contributed by atoms with Crippen molar-refractivity contribution >= 4 is 11.0 Å². The molecule has 1 unspecified atom stereocenters. The van der Waals surface area contributed by atoms with E-state index in [-0.39, 0.29) is 6.04 Å². The summed E-state index contributed by atoms with van der Waals surface area (Å²) >= 11 is 0. The monoisotopic (exact) mass is 462 g/mol. The number of hydrogen-bond acceptors (Lipinski definition) is 5. The zero-order chi connectivity index (χ0) is 23.8. The van der Waals surface area contributed by atoms with E-state index in [9.17, 15) is 0 Å². The molecule has 7 nitrogen and oxygen atoms in total. The minimum Gasteiger partial charge on any atom is -0.461 e. The predicted octanol–water partition coefficient (Wildman–Crippen LogP) is 5.70. The summed E-state index contributed by atoms with van der Waals surface area (Å²) < 4.78 is 6.16. The molecule has 1 aromatic carbocycles. The van der Waals surface area contributed by atoms with Crippen LogP contribution in [0.5, 0.6) is 0 Å². The maximum absolute atomic E-state index is 6.16. The molecule has 0 aliphatic rings. The van der Waals surface area contributed by atoms with Crippen LogP contribution in [-0.2, 0) is 19.5 Å². The van der Waals surface area contributed by atoms with Crippen molar-refractivity contribution in [1.82, 2.24) is 29.7 Å². The van der Waals surface area contributed by atoms with Crippen molar-refractivity contribution < 1.29 is 4.42 Å². The summed E-state index contributed by atoms with van der Waals surface area (Å²) in [7, 11) is 0. The first-order chi connectivity index (χ1) is 16.7. The van der Waals surface area contributed by atoms with E-state index in [2.05, 4.69) is 74.8 Å². The summed E-state index contributed by atoms with van der Waals surface area (Å²) in [6, 6.07) is 8.88. The number of hydrogen-bond donors (Lipinski definition) is 2. The molecule has 0 aliphatic carbocycles. The van der Waals surface area contributed by atoms with E-state index in [4.69, 9.17) is 4.42 Å². The molecule has 34 heavy (non-hydrogen) atoms. The number of nitrogens with one attached hydrogen (secondary N) is 2. The normalized spacial score (nSPS) is 12.9. The SMILES string of the molecule is CCCN(CCC)CCCc1cc2cc(CN(Cc3ncc[nH]3)C(C)c3ncc[nH]3)ccc2o1. The molecule has 3 heterocycles. The molecule has 4 aromatic rings. The molecular weight excluding hydrogens is 424 g/mol. The van der Waals surface area contributed by atoms with Gasteiger partial charge in [0.15, 0.2) is 0 Å². The van der Waals surface area contributed by atoms with E-state index in [1.54, 1.807) is 12.4 Å². The molecule has 0 fully saturated rings. The summed E-state index contributed by atoms with van der Waals surface area (Å²) in [4.78, 5) is 20.3. The van der Waals surface area contributed by atoms with Gasteiger partial charge in [0.1, 0.15) is 23.0 Å². The maximum Gasteiger partial charge on any atom is 0.134 e. The summed E-state index contributed by atoms with van der Waals surface area (Å²) in [5.74, 6) is 2.99. The number of furan rings is 1. The fourth-order valence-electron chi connectivity index (χ4n) is 4.63. The zero-order valence-corrected chi connectivity index (χ0v) is 20.8. The molecule has 7 heteroatoms. The van der Waals surface area contributed by atoms with Crippen LogP contribution in [0.4, 0.5) is 0 Å². The Morgan fingerprint density at radius 3 is 2.44 bits per heavy atom. The number of fused-ring (bicyclic) bond motifs is 1. The highest BCUT2D eigenvalue weighted by molar-refractivity contribution is 5.78. The van der Waals surface area contributed by atoms with Crippen LogP contribution in [0.3, 0.4) is 0 Å². The zero-order valence-electron chi connectivity index (χ0n) is 20.8. The number of H-pyrrole nitrogens is 2. The summed E-state index contributed by atoms with van der Waals surface area (Å²) in [6.45, 7) is 11.7. The van der Waals surface area contributed by atoms with Gasteiger partial charge in [0.2, 0.25) is 0 Å². The highest BCUT2D eigenvalue weighted by atomic mass is 16.3. The Kier molecular flexibility index (Phi) is 8.55. The fraction of sp³-hybridized carbons (Fsp3) is 0.481. The Balaban J connectivity index is 1.43. The van der Waals surface area contributed by atoms with Gasteiger partial charge >= 0.3 is 0 Å². The van der Waals surface area contributed by atoms with Gasteiger partial charge in [-0.3, -0.25) is 4.90 Å². The summed E-state index contributed by atoms with van der Waals surface area (Å²) in [6.07, 6.45) is 11.9. The molecule has 3 aromatic heterocycles. The summed E-state index contributed by atoms with van der Waals surface area (Å²) in [5.41, 5.74) is 2.22. The Morgan fingerprint density at radius 2 is 1.74 bits per heavy atom. The van der Waals surface area contributed by atoms with Gasteiger partial charge < -0.3 is 19.3 Å². The van der Waals surface area contributed by atoms with Gasteiger partial charge in [0.25, 0.3) is 0 Å². The first-order valence-corrected chi connectivity index (χ1v) is 12.6. The maximum atomic E-state index is 6.16. The molecular formula is C27H38N6O. The van der Waals surface area contributed by atoms with Crippen molar-refractivity contribution in [2.75, 3.05) is 19.6 Å². The van der Waals surface area contributed by atoms with Crippen LogP contribution in [0.2, 0.25) is 0 Å². The van der Waals surface area contributed by atoms with Crippen molar-refractivity contribution in [1.29, 1.82) is 0 Å². The Hall–Kier alpha value is -2.90. The predicted molar refractivity (Wildman–Crippen MR) is 136 cm³/mol. The Labute approximate surface area is 202 Å². The molecule has 1 atom stereocenters. The molecule has 0 saturated heterocycles. The lowest BCUT2D eigenvalue weighted by atomic mass is 10.1. The lowest BCUT2D eigenvalue weighted by Crippen LogP contribution is -2.27. The number of nitrogens with zero attached hydrogens (tertiary/aromatic N) is 4. The largest absolute Gasteiger partial charge is 0.461 e. The van der Waals surface area contributed by atoms with Crippen LogP contribution < -0.4 is 0 Å². The van der Waals surface area contributed by atoms with Crippen molar-refractivity contribution in [3.8, 4) is 0 Å². The Morgan fingerprint density at radius 1 is 0.941 bits per heavy atom. The third-order valence-corrected chi connectivity index (χ3v) is 6.37. The number of aromatic amines is 2. The molecule has 0 saturated carbocycles. The van der Waals surface area contributed by atoms with Crippen molar-refractivity contribution in [3.63, 3.8) is 0 Å². The molecule has 0 bridgehead atoms. The highest BCUT2D eigenvalue weighted by Gasteiger charge is 2.20. The number of rotatable bonds is 14. The van der Waals surface area contributed by atoms with Crippen LogP contribution in [0.25, 0.3) is 11.0 Å². The number of aromatic nitrogens is 4. The molecule has 0 amide bonds. The van der Waals surface area contributed by atoms with E-state index in [0.29, 0.717) is 0 Å². The van der Waals surface area contributed by atoms with E-state index in [1.807, 2.05) is 12.4 Å². The number of aryl methyl sites for hydroxylation is 1. The average Bonchev–Trinajstić information content (AvgIpc) is 3.60. The second kappa shape index (κ2) is 12.0. The smallest absolute Gasteiger partial charge is 0.134 e. The lowest BCUT2D eigenvalue weighted by Gasteiger charge is -2.27. The van der Waals surface area contributed by atoms with Gasteiger partial charge in [-0.15, -0.1) is 0 Å². The minimum absolute atomic E-state index is 0.130. The second-order valence-corrected chi connectivity index (χ2v) is 9.12. The van der Waals surface area contributed by atoms with Crippen LogP contribution in [0.15, 0.2) is 53.5 Å². The average molecular weight is 463 g/mol. The first-order valence-electron chi connectivity index (χ1n) is 12.6. The highest BCUT2D eigenvalue weighted by Crippen LogP contribution is 2.26. The third kappa shape index (κ3) is 6.36. The summed E-state index contributed by atoms with van der Waals surface area (Å²) in [5, 5.41) is 1.18.